The zero-order valence-electron chi connectivity index (χ0n) is 13.6. The van der Waals surface area contributed by atoms with Gasteiger partial charge in [0.15, 0.2) is 5.96 Å². The second-order valence-electron chi connectivity index (χ2n) is 4.94. The number of rotatable bonds is 7. The average Bonchev–Trinajstić information content (AvgIpc) is 2.95. The Labute approximate surface area is 143 Å². The van der Waals surface area contributed by atoms with Gasteiger partial charge in [-0.15, -0.1) is 11.3 Å². The van der Waals surface area contributed by atoms with E-state index in [9.17, 15) is 8.78 Å². The molecule has 130 valence electrons. The number of aliphatic imine (C=N–C) groups is 1. The van der Waals surface area contributed by atoms with E-state index >= 15 is 0 Å². The number of hydrogen-bond acceptors (Lipinski definition) is 4. The van der Waals surface area contributed by atoms with Crippen LogP contribution in [0.1, 0.15) is 22.4 Å². The van der Waals surface area contributed by atoms with E-state index in [4.69, 9.17) is 0 Å². The van der Waals surface area contributed by atoms with Crippen LogP contribution in [-0.2, 0) is 13.1 Å². The molecule has 2 aromatic rings. The second kappa shape index (κ2) is 9.17. The SMILES string of the molecule is CCNC(=NCc1cccc(OC(F)F)c1)NCc1ncc(C)s1. The van der Waals surface area contributed by atoms with Gasteiger partial charge < -0.3 is 15.4 Å². The topological polar surface area (TPSA) is 58.5 Å². The van der Waals surface area contributed by atoms with E-state index in [1.54, 1.807) is 23.5 Å². The van der Waals surface area contributed by atoms with Gasteiger partial charge in [-0.3, -0.25) is 0 Å². The monoisotopic (exact) mass is 354 g/mol. The molecular formula is C16H20F2N4OS. The first-order valence-electron chi connectivity index (χ1n) is 7.54. The van der Waals surface area contributed by atoms with E-state index in [0.717, 1.165) is 22.0 Å². The Kier molecular flexibility index (Phi) is 6.92. The van der Waals surface area contributed by atoms with Crippen LogP contribution >= 0.6 is 11.3 Å². The summed E-state index contributed by atoms with van der Waals surface area (Å²) >= 11 is 1.63. The second-order valence-corrected chi connectivity index (χ2v) is 6.26. The third kappa shape index (κ3) is 6.11. The molecule has 0 bridgehead atoms. The lowest BCUT2D eigenvalue weighted by atomic mass is 10.2. The molecule has 5 nitrogen and oxygen atoms in total. The maximum Gasteiger partial charge on any atom is 0.387 e. The molecule has 0 saturated heterocycles. The highest BCUT2D eigenvalue weighted by Crippen LogP contribution is 2.16. The fraction of sp³-hybridized carbons (Fsp3) is 0.375. The maximum atomic E-state index is 12.3. The average molecular weight is 354 g/mol. The van der Waals surface area contributed by atoms with Crippen molar-refractivity contribution in [3.05, 3.63) is 45.9 Å². The Morgan fingerprint density at radius 3 is 2.88 bits per heavy atom. The van der Waals surface area contributed by atoms with E-state index in [1.807, 2.05) is 26.1 Å². The van der Waals surface area contributed by atoms with Gasteiger partial charge in [-0.1, -0.05) is 12.1 Å². The normalized spacial score (nSPS) is 11.6. The van der Waals surface area contributed by atoms with Crippen molar-refractivity contribution in [2.24, 2.45) is 4.99 Å². The van der Waals surface area contributed by atoms with Gasteiger partial charge in [0.25, 0.3) is 0 Å². The summed E-state index contributed by atoms with van der Waals surface area (Å²) in [5.41, 5.74) is 0.787. The van der Waals surface area contributed by atoms with Gasteiger partial charge >= 0.3 is 6.61 Å². The largest absolute Gasteiger partial charge is 0.435 e. The Balaban J connectivity index is 1.97. The van der Waals surface area contributed by atoms with Gasteiger partial charge in [0.2, 0.25) is 0 Å². The molecule has 0 aliphatic rings. The van der Waals surface area contributed by atoms with Crippen molar-refractivity contribution in [2.45, 2.75) is 33.5 Å². The zero-order valence-corrected chi connectivity index (χ0v) is 14.4. The van der Waals surface area contributed by atoms with E-state index in [2.05, 4.69) is 25.3 Å². The van der Waals surface area contributed by atoms with Crippen LogP contribution < -0.4 is 15.4 Å². The van der Waals surface area contributed by atoms with Gasteiger partial charge in [-0.2, -0.15) is 8.78 Å². The van der Waals surface area contributed by atoms with Crippen LogP contribution in [0, 0.1) is 6.92 Å². The van der Waals surface area contributed by atoms with Gasteiger partial charge in [-0.05, 0) is 31.5 Å². The highest BCUT2D eigenvalue weighted by molar-refractivity contribution is 7.11. The van der Waals surface area contributed by atoms with Crippen molar-refractivity contribution in [3.8, 4) is 5.75 Å². The highest BCUT2D eigenvalue weighted by atomic mass is 32.1. The first kappa shape index (κ1) is 18.1. The lowest BCUT2D eigenvalue weighted by Gasteiger charge is -2.10. The summed E-state index contributed by atoms with van der Waals surface area (Å²) in [5, 5.41) is 7.32. The first-order chi connectivity index (χ1) is 11.6. The summed E-state index contributed by atoms with van der Waals surface area (Å²) in [6, 6.07) is 6.54. The maximum absolute atomic E-state index is 12.3. The standard InChI is InChI=1S/C16H20F2N4OS/c1-3-19-16(22-10-14-20-8-11(2)24-14)21-9-12-5-4-6-13(7-12)23-15(17)18/h4-8,15H,3,9-10H2,1-2H3,(H2,19,21,22). The molecule has 2 N–H and O–H groups in total. The molecule has 1 aromatic heterocycles. The van der Waals surface area contributed by atoms with Gasteiger partial charge in [0.05, 0.1) is 13.1 Å². The van der Waals surface area contributed by atoms with Crippen LogP contribution in [0.5, 0.6) is 5.75 Å². The van der Waals surface area contributed by atoms with Gasteiger partial charge in [0, 0.05) is 17.6 Å². The molecule has 0 radical (unpaired) electrons. The number of alkyl halides is 2. The molecule has 0 saturated carbocycles. The number of benzene rings is 1. The highest BCUT2D eigenvalue weighted by Gasteiger charge is 2.05. The predicted octanol–water partition coefficient (Wildman–Crippen LogP) is 3.31. The van der Waals surface area contributed by atoms with E-state index in [0.29, 0.717) is 19.0 Å². The summed E-state index contributed by atoms with van der Waals surface area (Å²) in [6.07, 6.45) is 1.83. The third-order valence-corrected chi connectivity index (χ3v) is 3.88. The molecular weight excluding hydrogens is 334 g/mol. The van der Waals surface area contributed by atoms with Crippen molar-refractivity contribution in [1.82, 2.24) is 15.6 Å². The number of aromatic nitrogens is 1. The quantitative estimate of drug-likeness (QED) is 0.592. The molecule has 2 rings (SSSR count). The fourth-order valence-electron chi connectivity index (χ4n) is 1.97. The van der Waals surface area contributed by atoms with Crippen LogP contribution in [0.4, 0.5) is 8.78 Å². The Hall–Kier alpha value is -2.22. The van der Waals surface area contributed by atoms with Crippen molar-refractivity contribution < 1.29 is 13.5 Å². The fourth-order valence-corrected chi connectivity index (χ4v) is 2.70. The lowest BCUT2D eigenvalue weighted by Crippen LogP contribution is -2.36. The van der Waals surface area contributed by atoms with Crippen LogP contribution in [0.15, 0.2) is 35.5 Å². The Bertz CT molecular complexity index is 676. The summed E-state index contributed by atoms with van der Waals surface area (Å²) in [5.74, 6) is 0.777. The van der Waals surface area contributed by atoms with Crippen molar-refractivity contribution in [3.63, 3.8) is 0 Å². The van der Waals surface area contributed by atoms with E-state index in [1.165, 1.54) is 6.07 Å². The molecule has 0 unspecified atom stereocenters. The molecule has 0 atom stereocenters. The number of halogens is 2. The Morgan fingerprint density at radius 1 is 1.38 bits per heavy atom. The van der Waals surface area contributed by atoms with Gasteiger partial charge in [0.1, 0.15) is 10.8 Å². The number of thiazole rings is 1. The zero-order chi connectivity index (χ0) is 17.4. The molecule has 8 heteroatoms. The minimum atomic E-state index is -2.83. The van der Waals surface area contributed by atoms with Crippen LogP contribution in [-0.4, -0.2) is 24.1 Å². The summed E-state index contributed by atoms with van der Waals surface area (Å²) in [7, 11) is 0. The summed E-state index contributed by atoms with van der Waals surface area (Å²) in [4.78, 5) is 9.90. The number of aryl methyl sites for hydroxylation is 1. The lowest BCUT2D eigenvalue weighted by molar-refractivity contribution is -0.0498. The summed E-state index contributed by atoms with van der Waals surface area (Å²) in [6.45, 7) is 2.81. The minimum Gasteiger partial charge on any atom is -0.435 e. The molecule has 0 fully saturated rings. The molecule has 24 heavy (non-hydrogen) atoms. The number of hydrogen-bond donors (Lipinski definition) is 2. The van der Waals surface area contributed by atoms with Crippen molar-refractivity contribution in [2.75, 3.05) is 6.54 Å². The Morgan fingerprint density at radius 2 is 2.21 bits per heavy atom. The first-order valence-corrected chi connectivity index (χ1v) is 8.35. The molecule has 0 spiro atoms. The summed E-state index contributed by atoms with van der Waals surface area (Å²) < 4.78 is 28.9. The van der Waals surface area contributed by atoms with Crippen LogP contribution in [0.25, 0.3) is 0 Å². The number of ether oxygens (including phenoxy) is 1. The van der Waals surface area contributed by atoms with E-state index in [-0.39, 0.29) is 5.75 Å². The molecule has 1 aromatic carbocycles. The van der Waals surface area contributed by atoms with Crippen LogP contribution in [0.2, 0.25) is 0 Å². The smallest absolute Gasteiger partial charge is 0.387 e. The number of nitrogens with one attached hydrogen (secondary N) is 2. The molecule has 1 heterocycles. The number of nitrogens with zero attached hydrogens (tertiary/aromatic N) is 2. The third-order valence-electron chi connectivity index (χ3n) is 2.96. The predicted molar refractivity (Wildman–Crippen MR) is 91.6 cm³/mol. The van der Waals surface area contributed by atoms with E-state index < -0.39 is 6.61 Å². The molecule has 0 amide bonds. The van der Waals surface area contributed by atoms with Crippen LogP contribution in [0.3, 0.4) is 0 Å². The minimum absolute atomic E-state index is 0.133. The van der Waals surface area contributed by atoms with Crippen molar-refractivity contribution in [1.29, 1.82) is 0 Å². The number of guanidine groups is 1. The molecule has 0 aliphatic carbocycles. The molecule has 0 aliphatic heterocycles. The van der Waals surface area contributed by atoms with Gasteiger partial charge in [-0.25, -0.2) is 9.98 Å². The van der Waals surface area contributed by atoms with Crippen molar-refractivity contribution >= 4 is 17.3 Å².